The van der Waals surface area contributed by atoms with Gasteiger partial charge in [0.15, 0.2) is 0 Å². The Morgan fingerprint density at radius 3 is 2.58 bits per heavy atom. The van der Waals surface area contributed by atoms with Crippen LogP contribution in [-0.4, -0.2) is 24.4 Å². The van der Waals surface area contributed by atoms with Crippen LogP contribution in [0.4, 0.5) is 5.13 Å². The Balaban J connectivity index is 2.98. The van der Waals surface area contributed by atoms with Gasteiger partial charge in [0.1, 0.15) is 0 Å². The van der Waals surface area contributed by atoms with E-state index in [1.807, 2.05) is 0 Å². The highest BCUT2D eigenvalue weighted by molar-refractivity contribution is 7.93. The van der Waals surface area contributed by atoms with E-state index in [1.54, 1.807) is 6.92 Å². The number of nitrogens with two attached hydrogens (primary N) is 1. The van der Waals surface area contributed by atoms with Gasteiger partial charge in [0.05, 0.1) is 5.75 Å². The first-order valence-electron chi connectivity index (χ1n) is 3.38. The van der Waals surface area contributed by atoms with Gasteiger partial charge < -0.3 is 5.73 Å². The lowest BCUT2D eigenvalue weighted by Gasteiger charge is -1.93. The number of sulfone groups is 1. The van der Waals surface area contributed by atoms with E-state index in [-0.39, 0.29) is 15.2 Å². The number of anilines is 1. The van der Waals surface area contributed by atoms with Gasteiger partial charge in [0.25, 0.3) is 0 Å². The molecule has 1 heterocycles. The highest BCUT2D eigenvalue weighted by atomic mass is 32.2. The zero-order chi connectivity index (χ0) is 9.19. The molecule has 0 unspecified atom stereocenters. The van der Waals surface area contributed by atoms with Crippen molar-refractivity contribution >= 4 is 26.3 Å². The lowest BCUT2D eigenvalue weighted by Crippen LogP contribution is -2.05. The summed E-state index contributed by atoms with van der Waals surface area (Å²) in [6, 6.07) is 0. The fourth-order valence-corrected chi connectivity index (χ4v) is 2.94. The summed E-state index contributed by atoms with van der Waals surface area (Å²) in [4.78, 5) is 0. The number of nitrogens with zero attached hydrogens (tertiary/aromatic N) is 2. The molecule has 0 saturated heterocycles. The molecule has 0 aliphatic heterocycles. The van der Waals surface area contributed by atoms with Gasteiger partial charge in [0.2, 0.25) is 19.3 Å². The van der Waals surface area contributed by atoms with Crippen LogP contribution >= 0.6 is 11.3 Å². The monoisotopic (exact) mass is 207 g/mol. The summed E-state index contributed by atoms with van der Waals surface area (Å²) in [5.41, 5.74) is 5.25. The van der Waals surface area contributed by atoms with Crippen molar-refractivity contribution in [3.63, 3.8) is 0 Å². The highest BCUT2D eigenvalue weighted by Gasteiger charge is 2.17. The van der Waals surface area contributed by atoms with E-state index in [2.05, 4.69) is 10.2 Å². The van der Waals surface area contributed by atoms with Gasteiger partial charge in [-0.3, -0.25) is 0 Å². The Hall–Kier alpha value is -0.690. The van der Waals surface area contributed by atoms with Gasteiger partial charge in [-0.2, -0.15) is 0 Å². The van der Waals surface area contributed by atoms with E-state index in [4.69, 9.17) is 5.73 Å². The summed E-state index contributed by atoms with van der Waals surface area (Å²) in [6.07, 6.45) is 0.571. The molecule has 0 saturated carbocycles. The Morgan fingerprint density at radius 1 is 1.50 bits per heavy atom. The van der Waals surface area contributed by atoms with Gasteiger partial charge in [0, 0.05) is 0 Å². The Morgan fingerprint density at radius 2 is 2.17 bits per heavy atom. The average molecular weight is 207 g/mol. The fourth-order valence-electron chi connectivity index (χ4n) is 0.702. The summed E-state index contributed by atoms with van der Waals surface area (Å²) in [5, 5.41) is 7.08. The number of nitrogen functional groups attached to an aromatic ring is 1. The third-order valence-corrected chi connectivity index (χ3v) is 4.28. The predicted molar refractivity (Wildman–Crippen MR) is 46.7 cm³/mol. The van der Waals surface area contributed by atoms with Gasteiger partial charge in [-0.1, -0.05) is 18.3 Å². The molecule has 0 amide bonds. The molecular weight excluding hydrogens is 198 g/mol. The number of hydrogen-bond acceptors (Lipinski definition) is 6. The fraction of sp³-hybridized carbons (Fsp3) is 0.600. The van der Waals surface area contributed by atoms with Crippen LogP contribution in [0.25, 0.3) is 0 Å². The minimum atomic E-state index is -3.22. The SMILES string of the molecule is CCCS(=O)(=O)c1nnc(N)s1. The first kappa shape index (κ1) is 9.40. The first-order chi connectivity index (χ1) is 5.56. The maximum atomic E-state index is 11.3. The largest absolute Gasteiger partial charge is 0.374 e. The third-order valence-electron chi connectivity index (χ3n) is 1.16. The molecule has 1 rings (SSSR count). The lowest BCUT2D eigenvalue weighted by molar-refractivity contribution is 0.592. The van der Waals surface area contributed by atoms with E-state index >= 15 is 0 Å². The molecule has 1 aromatic heterocycles. The second-order valence-electron chi connectivity index (χ2n) is 2.23. The van der Waals surface area contributed by atoms with Crippen molar-refractivity contribution in [3.8, 4) is 0 Å². The molecule has 12 heavy (non-hydrogen) atoms. The highest BCUT2D eigenvalue weighted by Crippen LogP contribution is 2.18. The van der Waals surface area contributed by atoms with Crippen LogP contribution < -0.4 is 5.73 Å². The summed E-state index contributed by atoms with van der Waals surface area (Å²) in [7, 11) is -3.22. The normalized spacial score (nSPS) is 11.8. The van der Waals surface area contributed by atoms with Crippen molar-refractivity contribution in [2.75, 3.05) is 11.5 Å². The first-order valence-corrected chi connectivity index (χ1v) is 5.85. The minimum absolute atomic E-state index is 0.0156. The Kier molecular flexibility index (Phi) is 2.63. The zero-order valence-electron chi connectivity index (χ0n) is 6.52. The average Bonchev–Trinajstić information content (AvgIpc) is 2.36. The quantitative estimate of drug-likeness (QED) is 0.770. The molecule has 0 spiro atoms. The molecule has 68 valence electrons. The molecule has 0 aromatic carbocycles. The lowest BCUT2D eigenvalue weighted by atomic mass is 10.6. The van der Waals surface area contributed by atoms with Crippen LogP contribution in [0.5, 0.6) is 0 Å². The maximum Gasteiger partial charge on any atom is 0.234 e. The van der Waals surface area contributed by atoms with Crippen LogP contribution in [-0.2, 0) is 9.84 Å². The van der Waals surface area contributed by atoms with Gasteiger partial charge in [-0.05, 0) is 6.42 Å². The van der Waals surface area contributed by atoms with Gasteiger partial charge in [-0.15, -0.1) is 10.2 Å². The zero-order valence-corrected chi connectivity index (χ0v) is 8.15. The van der Waals surface area contributed by atoms with Gasteiger partial charge >= 0.3 is 0 Å². The molecule has 1 aromatic rings. The summed E-state index contributed by atoms with van der Waals surface area (Å²) < 4.78 is 22.6. The summed E-state index contributed by atoms with van der Waals surface area (Å²) in [6.45, 7) is 1.79. The molecule has 0 radical (unpaired) electrons. The Bertz CT molecular complexity index is 357. The standard InChI is InChI=1S/C5H9N3O2S2/c1-2-3-12(9,10)5-8-7-4(6)11-5/h2-3H2,1H3,(H2,6,7). The van der Waals surface area contributed by atoms with Crippen LogP contribution in [0.2, 0.25) is 0 Å². The third kappa shape index (κ3) is 1.92. The molecule has 0 fully saturated rings. The topological polar surface area (TPSA) is 85.9 Å². The molecule has 0 bridgehead atoms. The summed E-state index contributed by atoms with van der Waals surface area (Å²) >= 11 is 0.902. The molecular formula is C5H9N3O2S2. The number of hydrogen-bond donors (Lipinski definition) is 1. The molecule has 7 heteroatoms. The molecule has 0 aliphatic rings. The van der Waals surface area contributed by atoms with E-state index < -0.39 is 9.84 Å². The second-order valence-corrected chi connectivity index (χ2v) is 5.52. The van der Waals surface area contributed by atoms with Crippen molar-refractivity contribution in [3.05, 3.63) is 0 Å². The van der Waals surface area contributed by atoms with Crippen molar-refractivity contribution < 1.29 is 8.42 Å². The van der Waals surface area contributed by atoms with Crippen molar-refractivity contribution in [1.82, 2.24) is 10.2 Å². The molecule has 5 nitrogen and oxygen atoms in total. The van der Waals surface area contributed by atoms with Gasteiger partial charge in [-0.25, -0.2) is 8.42 Å². The number of rotatable bonds is 3. The summed E-state index contributed by atoms with van der Waals surface area (Å²) in [5.74, 6) is 0.0988. The van der Waals surface area contributed by atoms with Crippen LogP contribution in [0.1, 0.15) is 13.3 Å². The van der Waals surface area contributed by atoms with Crippen molar-refractivity contribution in [1.29, 1.82) is 0 Å². The molecule has 2 N–H and O–H groups in total. The van der Waals surface area contributed by atoms with E-state index in [0.29, 0.717) is 6.42 Å². The van der Waals surface area contributed by atoms with Crippen LogP contribution in [0.15, 0.2) is 4.34 Å². The maximum absolute atomic E-state index is 11.3. The Labute approximate surface area is 74.5 Å². The number of aromatic nitrogens is 2. The van der Waals surface area contributed by atoms with Crippen molar-refractivity contribution in [2.45, 2.75) is 17.7 Å². The van der Waals surface area contributed by atoms with E-state index in [9.17, 15) is 8.42 Å². The minimum Gasteiger partial charge on any atom is -0.374 e. The second kappa shape index (κ2) is 3.36. The van der Waals surface area contributed by atoms with E-state index in [1.165, 1.54) is 0 Å². The van der Waals surface area contributed by atoms with Crippen LogP contribution in [0, 0.1) is 0 Å². The molecule has 0 atom stereocenters. The molecule has 0 aliphatic carbocycles. The van der Waals surface area contributed by atoms with E-state index in [0.717, 1.165) is 11.3 Å². The predicted octanol–water partition coefficient (Wildman–Crippen LogP) is 0.304. The smallest absolute Gasteiger partial charge is 0.234 e. The van der Waals surface area contributed by atoms with Crippen molar-refractivity contribution in [2.24, 2.45) is 0 Å². The van der Waals surface area contributed by atoms with Crippen LogP contribution in [0.3, 0.4) is 0 Å².